The summed E-state index contributed by atoms with van der Waals surface area (Å²) >= 11 is 0. The Morgan fingerprint density at radius 1 is 1.21 bits per heavy atom. The summed E-state index contributed by atoms with van der Waals surface area (Å²) in [5.41, 5.74) is 1.40. The number of fused-ring (bicyclic) bond motifs is 1. The average molecular weight is 396 g/mol. The fourth-order valence-electron chi connectivity index (χ4n) is 3.20. The third-order valence-corrected chi connectivity index (χ3v) is 4.69. The van der Waals surface area contributed by atoms with Gasteiger partial charge in [-0.3, -0.25) is 18.7 Å². The van der Waals surface area contributed by atoms with E-state index in [1.165, 1.54) is 11.6 Å². The first kappa shape index (κ1) is 20.3. The number of carbonyl (C=O) groups excluding carboxylic acids is 1. The van der Waals surface area contributed by atoms with Crippen LogP contribution in [-0.4, -0.2) is 26.6 Å². The molecule has 29 heavy (non-hydrogen) atoms. The number of nitrogens with one attached hydrogen (secondary N) is 1. The zero-order chi connectivity index (χ0) is 21.1. The normalized spacial score (nSPS) is 10.9. The Hall–Kier alpha value is -3.42. The smallest absolute Gasteiger partial charge is 0.332 e. The summed E-state index contributed by atoms with van der Waals surface area (Å²) in [6, 6.07) is 7.40. The van der Waals surface area contributed by atoms with E-state index in [2.05, 4.69) is 10.3 Å². The third kappa shape index (κ3) is 4.06. The van der Waals surface area contributed by atoms with Gasteiger partial charge < -0.3 is 10.1 Å². The number of anilines is 1. The molecule has 1 amide bonds. The van der Waals surface area contributed by atoms with Gasteiger partial charge in [0.05, 0.1) is 5.69 Å². The SMILES string of the molecule is CCCc1cnc2c(c1NC(=O)COc1cccc(C)c1)c(=O)n(C)c(=O)n2C. The van der Waals surface area contributed by atoms with Crippen molar-refractivity contribution in [2.75, 3.05) is 11.9 Å². The zero-order valence-electron chi connectivity index (χ0n) is 17.0. The molecule has 1 aromatic carbocycles. The molecular weight excluding hydrogens is 372 g/mol. The van der Waals surface area contributed by atoms with Gasteiger partial charge in [0.2, 0.25) is 0 Å². The topological polar surface area (TPSA) is 95.2 Å². The van der Waals surface area contributed by atoms with E-state index < -0.39 is 17.2 Å². The van der Waals surface area contributed by atoms with E-state index in [4.69, 9.17) is 4.74 Å². The highest BCUT2D eigenvalue weighted by Gasteiger charge is 2.19. The number of carbonyl (C=O) groups is 1. The molecule has 3 rings (SSSR count). The Balaban J connectivity index is 2.00. The number of nitrogens with zero attached hydrogens (tertiary/aromatic N) is 3. The highest BCUT2D eigenvalue weighted by Crippen LogP contribution is 2.24. The summed E-state index contributed by atoms with van der Waals surface area (Å²) in [6.07, 6.45) is 3.03. The summed E-state index contributed by atoms with van der Waals surface area (Å²) in [5, 5.41) is 3.02. The first-order valence-corrected chi connectivity index (χ1v) is 9.40. The van der Waals surface area contributed by atoms with E-state index in [0.29, 0.717) is 17.9 Å². The van der Waals surface area contributed by atoms with E-state index >= 15 is 0 Å². The lowest BCUT2D eigenvalue weighted by Crippen LogP contribution is -2.38. The molecule has 2 aromatic heterocycles. The molecule has 1 N–H and O–H groups in total. The second-order valence-electron chi connectivity index (χ2n) is 6.97. The summed E-state index contributed by atoms with van der Waals surface area (Å²) in [5.74, 6) is 0.194. The molecule has 0 aliphatic rings. The number of amides is 1. The van der Waals surface area contributed by atoms with Crippen LogP contribution in [0.4, 0.5) is 5.69 Å². The van der Waals surface area contributed by atoms with Gasteiger partial charge in [-0.2, -0.15) is 0 Å². The van der Waals surface area contributed by atoms with E-state index in [1.807, 2.05) is 32.0 Å². The molecule has 8 nitrogen and oxygen atoms in total. The number of rotatable bonds is 6. The van der Waals surface area contributed by atoms with Gasteiger partial charge in [0.25, 0.3) is 11.5 Å². The first-order chi connectivity index (χ1) is 13.8. The molecule has 152 valence electrons. The van der Waals surface area contributed by atoms with E-state index in [0.717, 1.165) is 22.1 Å². The number of pyridine rings is 1. The Bertz CT molecular complexity index is 1190. The van der Waals surface area contributed by atoms with Crippen molar-refractivity contribution in [3.63, 3.8) is 0 Å². The lowest BCUT2D eigenvalue weighted by atomic mass is 10.1. The lowest BCUT2D eigenvalue weighted by molar-refractivity contribution is -0.118. The third-order valence-electron chi connectivity index (χ3n) is 4.69. The van der Waals surface area contributed by atoms with Crippen molar-refractivity contribution in [1.29, 1.82) is 0 Å². The van der Waals surface area contributed by atoms with E-state index in [-0.39, 0.29) is 17.6 Å². The molecular formula is C21H24N4O4. The van der Waals surface area contributed by atoms with Gasteiger partial charge in [-0.1, -0.05) is 25.5 Å². The van der Waals surface area contributed by atoms with Crippen LogP contribution in [0.3, 0.4) is 0 Å². The molecule has 8 heteroatoms. The quantitative estimate of drug-likeness (QED) is 0.687. The molecule has 0 saturated heterocycles. The fraction of sp³-hybridized carbons (Fsp3) is 0.333. The van der Waals surface area contributed by atoms with Crippen molar-refractivity contribution in [2.45, 2.75) is 26.7 Å². The molecule has 0 fully saturated rings. The summed E-state index contributed by atoms with van der Waals surface area (Å²) < 4.78 is 7.87. The van der Waals surface area contributed by atoms with Crippen molar-refractivity contribution in [2.24, 2.45) is 14.1 Å². The molecule has 0 saturated carbocycles. The fourth-order valence-corrected chi connectivity index (χ4v) is 3.20. The van der Waals surface area contributed by atoms with Gasteiger partial charge in [0.15, 0.2) is 12.3 Å². The van der Waals surface area contributed by atoms with Crippen LogP contribution in [0, 0.1) is 6.92 Å². The number of aromatic nitrogens is 3. The highest BCUT2D eigenvalue weighted by atomic mass is 16.5. The number of hydrogen-bond acceptors (Lipinski definition) is 5. The zero-order valence-corrected chi connectivity index (χ0v) is 17.0. The maximum atomic E-state index is 12.8. The number of benzene rings is 1. The van der Waals surface area contributed by atoms with Gasteiger partial charge in [-0.15, -0.1) is 0 Å². The number of hydrogen-bond donors (Lipinski definition) is 1. The summed E-state index contributed by atoms with van der Waals surface area (Å²) in [6.45, 7) is 3.73. The van der Waals surface area contributed by atoms with Gasteiger partial charge in [0.1, 0.15) is 11.1 Å². The van der Waals surface area contributed by atoms with E-state index in [9.17, 15) is 14.4 Å². The second-order valence-corrected chi connectivity index (χ2v) is 6.97. The minimum atomic E-state index is -0.497. The van der Waals surface area contributed by atoms with Crippen LogP contribution in [-0.2, 0) is 25.3 Å². The lowest BCUT2D eigenvalue weighted by Gasteiger charge is -2.15. The average Bonchev–Trinajstić information content (AvgIpc) is 2.70. The largest absolute Gasteiger partial charge is 0.484 e. The van der Waals surface area contributed by atoms with Crippen molar-refractivity contribution >= 4 is 22.6 Å². The monoisotopic (exact) mass is 396 g/mol. The molecule has 2 heterocycles. The van der Waals surface area contributed by atoms with Crippen LogP contribution in [0.2, 0.25) is 0 Å². The predicted octanol–water partition coefficient (Wildman–Crippen LogP) is 1.91. The standard InChI is InChI=1S/C21H24N4O4/c1-5-7-14-11-22-19-17(20(27)25(4)21(28)24(19)3)18(14)23-16(26)12-29-15-9-6-8-13(2)10-15/h6,8-11H,5,7,12H2,1-4H3,(H,22,23,26). The molecule has 0 atom stereocenters. The molecule has 0 aliphatic heterocycles. The molecule has 3 aromatic rings. The van der Waals surface area contributed by atoms with Crippen molar-refractivity contribution in [3.05, 3.63) is 62.4 Å². The molecule has 0 spiro atoms. The Morgan fingerprint density at radius 2 is 1.97 bits per heavy atom. The van der Waals surface area contributed by atoms with Crippen LogP contribution in [0.25, 0.3) is 11.0 Å². The van der Waals surface area contributed by atoms with Gasteiger partial charge >= 0.3 is 5.69 Å². The Kier molecular flexibility index (Phi) is 5.81. The van der Waals surface area contributed by atoms with Gasteiger partial charge in [-0.25, -0.2) is 9.78 Å². The number of ether oxygens (including phenoxy) is 1. The van der Waals surface area contributed by atoms with Crippen molar-refractivity contribution < 1.29 is 9.53 Å². The minimum Gasteiger partial charge on any atom is -0.484 e. The number of aryl methyl sites for hydroxylation is 3. The Labute approximate surface area is 167 Å². The highest BCUT2D eigenvalue weighted by molar-refractivity contribution is 6.01. The van der Waals surface area contributed by atoms with E-state index in [1.54, 1.807) is 19.3 Å². The Morgan fingerprint density at radius 3 is 2.66 bits per heavy atom. The summed E-state index contributed by atoms with van der Waals surface area (Å²) in [7, 11) is 2.95. The van der Waals surface area contributed by atoms with Gasteiger partial charge in [0, 0.05) is 20.3 Å². The van der Waals surface area contributed by atoms with Crippen LogP contribution in [0.5, 0.6) is 5.75 Å². The van der Waals surface area contributed by atoms with Crippen LogP contribution in [0.1, 0.15) is 24.5 Å². The van der Waals surface area contributed by atoms with Crippen LogP contribution in [0.15, 0.2) is 40.1 Å². The molecule has 0 radical (unpaired) electrons. The molecule has 0 bridgehead atoms. The maximum Gasteiger partial charge on any atom is 0.332 e. The molecule has 0 aliphatic carbocycles. The van der Waals surface area contributed by atoms with Crippen molar-refractivity contribution in [1.82, 2.24) is 14.1 Å². The maximum absolute atomic E-state index is 12.8. The molecule has 0 unspecified atom stereocenters. The van der Waals surface area contributed by atoms with Crippen LogP contribution < -0.4 is 21.3 Å². The van der Waals surface area contributed by atoms with Gasteiger partial charge in [-0.05, 0) is 36.6 Å². The van der Waals surface area contributed by atoms with Crippen molar-refractivity contribution in [3.8, 4) is 5.75 Å². The minimum absolute atomic E-state index is 0.203. The van der Waals surface area contributed by atoms with Crippen LogP contribution >= 0.6 is 0 Å². The first-order valence-electron chi connectivity index (χ1n) is 9.40. The summed E-state index contributed by atoms with van der Waals surface area (Å²) in [4.78, 5) is 41.9. The second kappa shape index (κ2) is 8.30. The predicted molar refractivity (Wildman–Crippen MR) is 112 cm³/mol.